The van der Waals surface area contributed by atoms with Gasteiger partial charge in [-0.25, -0.2) is 0 Å². The molecule has 0 aliphatic carbocycles. The molecule has 0 amide bonds. The molecule has 1 rings (SSSR count). The first-order chi connectivity index (χ1) is 9.32. The molecule has 6 atom stereocenters. The molecule has 0 radical (unpaired) electrons. The Kier molecular flexibility index (Phi) is 6.84. The smallest absolute Gasteiger partial charge is 0.303 e. The standard InChI is InChI=1S/C13H24O7/c1-7(5-3-4-6-9(14)15)19-13-12(18)11(17)10(16)8(2)20-13/h7-8,10-13,16-18H,3-6H2,1-2H3,(H,14,15)/t7?,8-,10-,11+,12+,13+/m0/s1. The summed E-state index contributed by atoms with van der Waals surface area (Å²) in [5.41, 5.74) is 0. The van der Waals surface area contributed by atoms with Crippen LogP contribution < -0.4 is 0 Å². The third-order valence-electron chi connectivity index (χ3n) is 3.43. The highest BCUT2D eigenvalue weighted by molar-refractivity contribution is 5.66. The Bertz CT molecular complexity index is 309. The van der Waals surface area contributed by atoms with Crippen LogP contribution in [-0.4, -0.2) is 63.2 Å². The first kappa shape index (κ1) is 17.3. The highest BCUT2D eigenvalue weighted by Crippen LogP contribution is 2.23. The molecule has 7 nitrogen and oxygen atoms in total. The van der Waals surface area contributed by atoms with Gasteiger partial charge in [-0.1, -0.05) is 6.42 Å². The lowest BCUT2D eigenvalue weighted by Gasteiger charge is -2.39. The Morgan fingerprint density at radius 3 is 2.45 bits per heavy atom. The summed E-state index contributed by atoms with van der Waals surface area (Å²) >= 11 is 0. The van der Waals surface area contributed by atoms with Gasteiger partial charge in [0.25, 0.3) is 0 Å². The number of aliphatic hydroxyl groups excluding tert-OH is 3. The molecular formula is C13H24O7. The van der Waals surface area contributed by atoms with Crippen LogP contribution >= 0.6 is 0 Å². The minimum absolute atomic E-state index is 0.122. The highest BCUT2D eigenvalue weighted by Gasteiger charge is 2.42. The summed E-state index contributed by atoms with van der Waals surface area (Å²) < 4.78 is 10.8. The van der Waals surface area contributed by atoms with E-state index in [0.717, 1.165) is 0 Å². The number of hydrogen-bond acceptors (Lipinski definition) is 6. The highest BCUT2D eigenvalue weighted by atomic mass is 16.7. The Morgan fingerprint density at radius 2 is 1.85 bits per heavy atom. The monoisotopic (exact) mass is 292 g/mol. The average Bonchev–Trinajstić information content (AvgIpc) is 2.38. The number of aliphatic carboxylic acids is 1. The Balaban J connectivity index is 2.33. The second kappa shape index (κ2) is 7.90. The SMILES string of the molecule is CC(CCCCC(=O)O)O[C@@H]1O[C@@H](C)[C@H](O)[C@@H](O)[C@H]1O. The molecule has 0 saturated carbocycles. The van der Waals surface area contributed by atoms with Crippen molar-refractivity contribution in [2.45, 2.75) is 76.3 Å². The topological polar surface area (TPSA) is 116 Å². The number of carboxylic acid groups (broad SMARTS) is 1. The largest absolute Gasteiger partial charge is 0.481 e. The molecule has 0 aromatic rings. The predicted molar refractivity (Wildman–Crippen MR) is 69.0 cm³/mol. The summed E-state index contributed by atoms with van der Waals surface area (Å²) in [6.07, 6.45) is -3.59. The molecule has 1 fully saturated rings. The lowest BCUT2D eigenvalue weighted by molar-refractivity contribution is -0.303. The van der Waals surface area contributed by atoms with Crippen LogP contribution in [0.3, 0.4) is 0 Å². The van der Waals surface area contributed by atoms with E-state index in [1.54, 1.807) is 13.8 Å². The summed E-state index contributed by atoms with van der Waals surface area (Å²) in [5, 5.41) is 37.5. The zero-order valence-corrected chi connectivity index (χ0v) is 11.8. The van der Waals surface area contributed by atoms with Crippen LogP contribution in [0.1, 0.15) is 39.5 Å². The summed E-state index contributed by atoms with van der Waals surface area (Å²) in [4.78, 5) is 10.4. The van der Waals surface area contributed by atoms with Crippen molar-refractivity contribution in [3.63, 3.8) is 0 Å². The molecular weight excluding hydrogens is 268 g/mol. The average molecular weight is 292 g/mol. The molecule has 7 heteroatoms. The van der Waals surface area contributed by atoms with Gasteiger partial charge in [0.15, 0.2) is 6.29 Å². The summed E-state index contributed by atoms with van der Waals surface area (Å²) in [7, 11) is 0. The van der Waals surface area contributed by atoms with E-state index in [1.165, 1.54) is 0 Å². The van der Waals surface area contributed by atoms with Gasteiger partial charge in [0.2, 0.25) is 0 Å². The van der Waals surface area contributed by atoms with Crippen molar-refractivity contribution in [2.75, 3.05) is 0 Å². The van der Waals surface area contributed by atoms with Crippen LogP contribution in [0.15, 0.2) is 0 Å². The fraction of sp³-hybridized carbons (Fsp3) is 0.923. The quantitative estimate of drug-likeness (QED) is 0.483. The minimum atomic E-state index is -1.30. The first-order valence-corrected chi connectivity index (χ1v) is 6.89. The molecule has 0 bridgehead atoms. The van der Waals surface area contributed by atoms with Crippen molar-refractivity contribution in [1.29, 1.82) is 0 Å². The molecule has 4 N–H and O–H groups in total. The van der Waals surface area contributed by atoms with Gasteiger partial charge < -0.3 is 29.9 Å². The third-order valence-corrected chi connectivity index (χ3v) is 3.43. The van der Waals surface area contributed by atoms with E-state index in [4.69, 9.17) is 14.6 Å². The van der Waals surface area contributed by atoms with E-state index in [1.807, 2.05) is 0 Å². The molecule has 0 spiro atoms. The number of rotatable bonds is 7. The number of ether oxygens (including phenoxy) is 2. The molecule has 1 aliphatic rings. The van der Waals surface area contributed by atoms with Crippen LogP contribution in [0, 0.1) is 0 Å². The van der Waals surface area contributed by atoms with Gasteiger partial charge >= 0.3 is 5.97 Å². The van der Waals surface area contributed by atoms with Gasteiger partial charge in [0, 0.05) is 6.42 Å². The predicted octanol–water partition coefficient (Wildman–Crippen LogP) is -0.136. The van der Waals surface area contributed by atoms with Gasteiger partial charge in [-0.05, 0) is 26.7 Å². The van der Waals surface area contributed by atoms with E-state index in [9.17, 15) is 20.1 Å². The minimum Gasteiger partial charge on any atom is -0.481 e. The molecule has 20 heavy (non-hydrogen) atoms. The normalized spacial score (nSPS) is 35.8. The van der Waals surface area contributed by atoms with Gasteiger partial charge in [-0.15, -0.1) is 0 Å². The maximum atomic E-state index is 10.4. The van der Waals surface area contributed by atoms with Gasteiger partial charge in [0.1, 0.15) is 18.3 Å². The fourth-order valence-corrected chi connectivity index (χ4v) is 2.13. The zero-order valence-electron chi connectivity index (χ0n) is 11.8. The van der Waals surface area contributed by atoms with E-state index >= 15 is 0 Å². The molecule has 1 heterocycles. The Morgan fingerprint density at radius 1 is 1.20 bits per heavy atom. The third kappa shape index (κ3) is 4.99. The van der Waals surface area contributed by atoms with E-state index in [-0.39, 0.29) is 12.5 Å². The zero-order chi connectivity index (χ0) is 15.3. The van der Waals surface area contributed by atoms with Crippen LogP contribution in [0.25, 0.3) is 0 Å². The summed E-state index contributed by atoms with van der Waals surface area (Å²) in [6.45, 7) is 3.38. The lowest BCUT2D eigenvalue weighted by atomic mass is 10.00. The molecule has 0 aromatic carbocycles. The van der Waals surface area contributed by atoms with Crippen LogP contribution in [0.2, 0.25) is 0 Å². The van der Waals surface area contributed by atoms with Gasteiger partial charge in [-0.2, -0.15) is 0 Å². The summed E-state index contributed by atoms with van der Waals surface area (Å²) in [6, 6.07) is 0. The molecule has 1 aliphatic heterocycles. The molecule has 1 unspecified atom stereocenters. The second-order valence-electron chi connectivity index (χ2n) is 5.27. The Labute approximate surface area is 118 Å². The molecule has 118 valence electrons. The summed E-state index contributed by atoms with van der Waals surface area (Å²) in [5.74, 6) is -0.824. The number of carboxylic acids is 1. The molecule has 0 aromatic heterocycles. The van der Waals surface area contributed by atoms with Crippen LogP contribution in [0.4, 0.5) is 0 Å². The molecule has 1 saturated heterocycles. The number of carbonyl (C=O) groups is 1. The Hall–Kier alpha value is -0.730. The second-order valence-corrected chi connectivity index (χ2v) is 5.27. The van der Waals surface area contributed by atoms with Crippen molar-refractivity contribution in [1.82, 2.24) is 0 Å². The fourth-order valence-electron chi connectivity index (χ4n) is 2.13. The number of hydrogen-bond donors (Lipinski definition) is 4. The maximum Gasteiger partial charge on any atom is 0.303 e. The number of aliphatic hydroxyl groups is 3. The lowest BCUT2D eigenvalue weighted by Crippen LogP contribution is -2.57. The van der Waals surface area contributed by atoms with Crippen molar-refractivity contribution < 1.29 is 34.7 Å². The van der Waals surface area contributed by atoms with E-state index in [2.05, 4.69) is 0 Å². The van der Waals surface area contributed by atoms with Crippen molar-refractivity contribution in [3.05, 3.63) is 0 Å². The van der Waals surface area contributed by atoms with E-state index < -0.39 is 36.7 Å². The van der Waals surface area contributed by atoms with E-state index in [0.29, 0.717) is 19.3 Å². The van der Waals surface area contributed by atoms with Crippen molar-refractivity contribution >= 4 is 5.97 Å². The first-order valence-electron chi connectivity index (χ1n) is 6.89. The maximum absolute atomic E-state index is 10.4. The van der Waals surface area contributed by atoms with Crippen LogP contribution in [0.5, 0.6) is 0 Å². The van der Waals surface area contributed by atoms with Crippen molar-refractivity contribution in [2.24, 2.45) is 0 Å². The van der Waals surface area contributed by atoms with Gasteiger partial charge in [0.05, 0.1) is 12.2 Å². The van der Waals surface area contributed by atoms with Crippen molar-refractivity contribution in [3.8, 4) is 0 Å². The van der Waals surface area contributed by atoms with Crippen LogP contribution in [-0.2, 0) is 14.3 Å². The van der Waals surface area contributed by atoms with Gasteiger partial charge in [-0.3, -0.25) is 4.79 Å². The number of unbranched alkanes of at least 4 members (excludes halogenated alkanes) is 1.